The molecule has 0 aliphatic carbocycles. The number of ether oxygens (including phenoxy) is 4. The van der Waals surface area contributed by atoms with Gasteiger partial charge in [-0.1, -0.05) is 23.6 Å². The van der Waals surface area contributed by atoms with E-state index in [0.29, 0.717) is 18.7 Å². The number of rotatable bonds is 9. The standard InChI is InChI=1S/C33H31ClF2N4O5/c1-42-32(41)9-3-21-2-7-28-29(16-21)40(18-25-12-15-43-25)30(37-28)19-39-13-10-24(11-14-39)45-31-8-6-26(35)33(38-31)44-20-22-4-5-23(34)17-27(22)36/h2,4-8,16-17,24-25H,10-15,18-20H2,1H3/t25-/m0/s1. The van der Waals surface area contributed by atoms with Crippen LogP contribution in [0.4, 0.5) is 8.78 Å². The average molecular weight is 637 g/mol. The molecule has 0 saturated carbocycles. The number of nitrogens with zero attached hydrogens (tertiary/aromatic N) is 4. The number of halogens is 3. The summed E-state index contributed by atoms with van der Waals surface area (Å²) in [6.07, 6.45) is 2.49. The summed E-state index contributed by atoms with van der Waals surface area (Å²) in [5.41, 5.74) is 2.73. The van der Waals surface area contributed by atoms with Gasteiger partial charge in [0, 0.05) is 47.8 Å². The number of esters is 1. The number of fused-ring (bicyclic) bond motifs is 1. The lowest BCUT2D eigenvalue weighted by molar-refractivity contribution is -0.133. The maximum atomic E-state index is 14.4. The number of benzene rings is 2. The SMILES string of the molecule is COC(=O)C#Cc1ccc2nc(CN3CCC(Oc4ccc(F)c(OCc5ccc(Cl)cc5F)n4)CC3)n(C[C@@H]3CCO3)c2c1. The van der Waals surface area contributed by atoms with Crippen LogP contribution in [0.2, 0.25) is 5.02 Å². The second-order valence-electron chi connectivity index (χ2n) is 10.9. The summed E-state index contributed by atoms with van der Waals surface area (Å²) in [5.74, 6) is 4.47. The van der Waals surface area contributed by atoms with E-state index >= 15 is 0 Å². The number of piperidine rings is 1. The van der Waals surface area contributed by atoms with Crippen molar-refractivity contribution in [1.82, 2.24) is 19.4 Å². The molecule has 2 fully saturated rings. The maximum Gasteiger partial charge on any atom is 0.384 e. The topological polar surface area (TPSA) is 87.9 Å². The Kier molecular flexibility index (Phi) is 9.45. The van der Waals surface area contributed by atoms with Crippen LogP contribution in [-0.2, 0) is 34.0 Å². The average Bonchev–Trinajstić information content (AvgIpc) is 3.35. The second-order valence-corrected chi connectivity index (χ2v) is 11.4. The van der Waals surface area contributed by atoms with Crippen LogP contribution in [-0.4, -0.2) is 64.4 Å². The number of carbonyl (C=O) groups is 1. The van der Waals surface area contributed by atoms with Crippen molar-refractivity contribution >= 4 is 28.6 Å². The highest BCUT2D eigenvalue weighted by Gasteiger charge is 2.26. The zero-order valence-electron chi connectivity index (χ0n) is 24.6. The fraction of sp³-hybridized carbons (Fsp3) is 0.364. The van der Waals surface area contributed by atoms with E-state index < -0.39 is 17.6 Å². The van der Waals surface area contributed by atoms with E-state index in [1.54, 1.807) is 0 Å². The van der Waals surface area contributed by atoms with Gasteiger partial charge in [0.25, 0.3) is 5.88 Å². The predicted octanol–water partition coefficient (Wildman–Crippen LogP) is 5.30. The number of carbonyl (C=O) groups excluding carboxylic acids is 1. The summed E-state index contributed by atoms with van der Waals surface area (Å²) in [4.78, 5) is 22.9. The molecule has 0 spiro atoms. The van der Waals surface area contributed by atoms with Gasteiger partial charge in [0.05, 0.1) is 37.3 Å². The van der Waals surface area contributed by atoms with Gasteiger partial charge in [-0.3, -0.25) is 4.90 Å². The Balaban J connectivity index is 1.09. The molecule has 2 aromatic carbocycles. The molecule has 4 heterocycles. The summed E-state index contributed by atoms with van der Waals surface area (Å²) in [6, 6.07) is 12.6. The third-order valence-electron chi connectivity index (χ3n) is 7.86. The normalized spacial score (nSPS) is 16.9. The fourth-order valence-corrected chi connectivity index (χ4v) is 5.45. The number of imidazole rings is 1. The van der Waals surface area contributed by atoms with E-state index in [-0.39, 0.29) is 41.2 Å². The predicted molar refractivity (Wildman–Crippen MR) is 162 cm³/mol. The summed E-state index contributed by atoms with van der Waals surface area (Å²) < 4.78 is 52.6. The molecule has 2 aliphatic rings. The van der Waals surface area contributed by atoms with E-state index in [1.807, 2.05) is 18.2 Å². The van der Waals surface area contributed by atoms with Gasteiger partial charge in [0.2, 0.25) is 5.88 Å². The van der Waals surface area contributed by atoms with Gasteiger partial charge in [-0.15, -0.1) is 0 Å². The summed E-state index contributed by atoms with van der Waals surface area (Å²) in [6.45, 7) is 3.42. The number of aromatic nitrogens is 3. The van der Waals surface area contributed by atoms with Crippen molar-refractivity contribution in [3.05, 3.63) is 82.1 Å². The van der Waals surface area contributed by atoms with Crippen LogP contribution in [0.5, 0.6) is 11.8 Å². The fourth-order valence-electron chi connectivity index (χ4n) is 5.30. The van der Waals surface area contributed by atoms with E-state index in [1.165, 1.54) is 37.4 Å². The van der Waals surface area contributed by atoms with Gasteiger partial charge in [0.1, 0.15) is 24.4 Å². The molecule has 0 bridgehead atoms. The molecule has 234 valence electrons. The second kappa shape index (κ2) is 13.8. The first-order chi connectivity index (χ1) is 21.8. The minimum atomic E-state index is -0.663. The first-order valence-electron chi connectivity index (χ1n) is 14.7. The number of methoxy groups -OCH3 is 1. The first-order valence-corrected chi connectivity index (χ1v) is 15.1. The quantitative estimate of drug-likeness (QED) is 0.181. The number of pyridine rings is 1. The van der Waals surface area contributed by atoms with E-state index in [0.717, 1.165) is 55.8 Å². The number of likely N-dealkylation sites (tertiary alicyclic amines) is 1. The third kappa shape index (κ3) is 7.53. The molecule has 0 amide bonds. The molecule has 2 aromatic heterocycles. The molecule has 9 nitrogen and oxygen atoms in total. The molecule has 1 atom stereocenters. The van der Waals surface area contributed by atoms with Crippen molar-refractivity contribution in [2.24, 2.45) is 0 Å². The largest absolute Gasteiger partial charge is 0.474 e. The van der Waals surface area contributed by atoms with Gasteiger partial charge in [0.15, 0.2) is 5.82 Å². The lowest BCUT2D eigenvalue weighted by atomic mass is 10.1. The van der Waals surface area contributed by atoms with Crippen LogP contribution in [0.3, 0.4) is 0 Å². The van der Waals surface area contributed by atoms with Crippen LogP contribution in [0, 0.1) is 23.5 Å². The minimum absolute atomic E-state index is 0.112. The molecule has 6 rings (SSSR count). The molecule has 0 radical (unpaired) electrons. The molecule has 45 heavy (non-hydrogen) atoms. The highest BCUT2D eigenvalue weighted by Crippen LogP contribution is 2.26. The van der Waals surface area contributed by atoms with Gasteiger partial charge in [-0.2, -0.15) is 4.98 Å². The van der Waals surface area contributed by atoms with Crippen LogP contribution < -0.4 is 9.47 Å². The van der Waals surface area contributed by atoms with Crippen LogP contribution >= 0.6 is 11.6 Å². The van der Waals surface area contributed by atoms with Gasteiger partial charge in [-0.25, -0.2) is 18.6 Å². The first kappa shape index (κ1) is 30.8. The molecule has 4 aromatic rings. The van der Waals surface area contributed by atoms with E-state index in [4.69, 9.17) is 30.8 Å². The van der Waals surface area contributed by atoms with Crippen LogP contribution in [0.1, 0.15) is 36.2 Å². The minimum Gasteiger partial charge on any atom is -0.474 e. The Hall–Kier alpha value is -4.24. The summed E-state index contributed by atoms with van der Waals surface area (Å²) >= 11 is 5.80. The summed E-state index contributed by atoms with van der Waals surface area (Å²) in [7, 11) is 1.30. The van der Waals surface area contributed by atoms with Crippen molar-refractivity contribution in [2.75, 3.05) is 26.8 Å². The molecular formula is C33H31ClF2N4O5. The Labute approximate surface area is 264 Å². The molecule has 2 saturated heterocycles. The van der Waals surface area contributed by atoms with Crippen LogP contribution in [0.15, 0.2) is 48.5 Å². The molecule has 0 unspecified atom stereocenters. The maximum absolute atomic E-state index is 14.4. The molecular weight excluding hydrogens is 606 g/mol. The van der Waals surface area contributed by atoms with Crippen LogP contribution in [0.25, 0.3) is 11.0 Å². The monoisotopic (exact) mass is 636 g/mol. The van der Waals surface area contributed by atoms with Crippen molar-refractivity contribution < 1.29 is 32.5 Å². The number of hydrogen-bond donors (Lipinski definition) is 0. The molecule has 0 N–H and O–H groups in total. The Morgan fingerprint density at radius 1 is 1.07 bits per heavy atom. The molecule has 12 heteroatoms. The lowest BCUT2D eigenvalue weighted by Crippen LogP contribution is -2.39. The Bertz CT molecular complexity index is 1760. The van der Waals surface area contributed by atoms with Crippen molar-refractivity contribution in [2.45, 2.75) is 51.2 Å². The lowest BCUT2D eigenvalue weighted by Gasteiger charge is -2.32. The highest BCUT2D eigenvalue weighted by molar-refractivity contribution is 6.30. The highest BCUT2D eigenvalue weighted by atomic mass is 35.5. The smallest absolute Gasteiger partial charge is 0.384 e. The van der Waals surface area contributed by atoms with Gasteiger partial charge < -0.3 is 23.5 Å². The third-order valence-corrected chi connectivity index (χ3v) is 8.09. The summed E-state index contributed by atoms with van der Waals surface area (Å²) in [5, 5.41) is 0.266. The molecule has 2 aliphatic heterocycles. The van der Waals surface area contributed by atoms with Crippen molar-refractivity contribution in [3.63, 3.8) is 0 Å². The van der Waals surface area contributed by atoms with E-state index in [2.05, 4.69) is 31.0 Å². The van der Waals surface area contributed by atoms with Crippen molar-refractivity contribution in [1.29, 1.82) is 0 Å². The zero-order valence-corrected chi connectivity index (χ0v) is 25.4. The van der Waals surface area contributed by atoms with Crippen molar-refractivity contribution in [3.8, 4) is 23.6 Å². The number of hydrogen-bond acceptors (Lipinski definition) is 8. The Morgan fingerprint density at radius 2 is 1.89 bits per heavy atom. The Morgan fingerprint density at radius 3 is 2.62 bits per heavy atom. The van der Waals surface area contributed by atoms with E-state index in [9.17, 15) is 13.6 Å². The van der Waals surface area contributed by atoms with Gasteiger partial charge in [-0.05, 0) is 55.7 Å². The zero-order chi connectivity index (χ0) is 31.3. The van der Waals surface area contributed by atoms with Gasteiger partial charge >= 0.3 is 5.97 Å².